The summed E-state index contributed by atoms with van der Waals surface area (Å²) in [6, 6.07) is 8.54. The van der Waals surface area contributed by atoms with Crippen molar-refractivity contribution in [2.24, 2.45) is 7.05 Å². The monoisotopic (exact) mass is 308 g/mol. The van der Waals surface area contributed by atoms with Gasteiger partial charge in [0, 0.05) is 37.1 Å². The highest BCUT2D eigenvalue weighted by Crippen LogP contribution is 2.34. The smallest absolute Gasteiger partial charge is 0.123 e. The topological polar surface area (TPSA) is 42.7 Å². The highest BCUT2D eigenvalue weighted by molar-refractivity contribution is 5.82. The van der Waals surface area contributed by atoms with Crippen LogP contribution in [0.2, 0.25) is 0 Å². The fourth-order valence-corrected chi connectivity index (χ4v) is 3.15. The molecule has 0 bridgehead atoms. The Morgan fingerprint density at radius 2 is 1.96 bits per heavy atom. The highest BCUT2D eigenvalue weighted by atomic mass is 19.1. The molecule has 4 nitrogen and oxygen atoms in total. The Kier molecular flexibility index (Phi) is 3.42. The molecule has 0 amide bonds. The Bertz CT molecular complexity index is 852. The lowest BCUT2D eigenvalue weighted by Crippen LogP contribution is -2.25. The Labute approximate surface area is 134 Å². The van der Waals surface area contributed by atoms with Crippen molar-refractivity contribution in [3.8, 4) is 22.4 Å². The molecule has 3 aromatic rings. The Morgan fingerprint density at radius 1 is 1.13 bits per heavy atom. The van der Waals surface area contributed by atoms with E-state index in [1.165, 1.54) is 23.3 Å². The fourth-order valence-electron chi connectivity index (χ4n) is 3.15. The number of hydrogen-bond donors (Lipinski definition) is 1. The molecule has 0 spiro atoms. The highest BCUT2D eigenvalue weighted by Gasteiger charge is 2.19. The van der Waals surface area contributed by atoms with Crippen LogP contribution in [-0.4, -0.2) is 21.3 Å². The molecule has 0 atom stereocenters. The van der Waals surface area contributed by atoms with Gasteiger partial charge in [-0.2, -0.15) is 5.10 Å². The molecule has 0 saturated carbocycles. The van der Waals surface area contributed by atoms with Gasteiger partial charge in [-0.15, -0.1) is 0 Å². The van der Waals surface area contributed by atoms with Gasteiger partial charge >= 0.3 is 0 Å². The van der Waals surface area contributed by atoms with E-state index in [2.05, 4.69) is 15.4 Å². The molecule has 23 heavy (non-hydrogen) atoms. The second-order valence-electron chi connectivity index (χ2n) is 5.78. The quantitative estimate of drug-likeness (QED) is 0.791. The first-order valence-electron chi connectivity index (χ1n) is 7.70. The zero-order valence-electron chi connectivity index (χ0n) is 12.9. The maximum Gasteiger partial charge on any atom is 0.123 e. The summed E-state index contributed by atoms with van der Waals surface area (Å²) in [5, 5.41) is 7.95. The fraction of sp³-hybridized carbons (Fsp3) is 0.222. The number of nitrogens with zero attached hydrogens (tertiary/aromatic N) is 3. The summed E-state index contributed by atoms with van der Waals surface area (Å²) in [6.45, 7) is 1.76. The van der Waals surface area contributed by atoms with Crippen molar-refractivity contribution in [3.05, 3.63) is 59.8 Å². The Balaban J connectivity index is 1.89. The molecule has 116 valence electrons. The van der Waals surface area contributed by atoms with Gasteiger partial charge in [-0.25, -0.2) is 4.39 Å². The van der Waals surface area contributed by atoms with Crippen molar-refractivity contribution < 1.29 is 4.39 Å². The maximum absolute atomic E-state index is 13.2. The molecule has 0 fully saturated rings. The zero-order valence-corrected chi connectivity index (χ0v) is 12.9. The standard InChI is InChI=1S/C18H17FN4/c1-23-11-16(18(22-23)12-2-4-13(19)5-3-12)14-7-9-21-17-10-20-8-6-15(14)17/h2-5,7,9,11,20H,6,8,10H2,1H3. The molecule has 1 aliphatic rings. The van der Waals surface area contributed by atoms with E-state index in [0.29, 0.717) is 0 Å². The van der Waals surface area contributed by atoms with Crippen molar-refractivity contribution >= 4 is 0 Å². The number of benzene rings is 1. The van der Waals surface area contributed by atoms with Crippen LogP contribution in [0.25, 0.3) is 22.4 Å². The first-order chi connectivity index (χ1) is 11.2. The van der Waals surface area contributed by atoms with Crippen LogP contribution < -0.4 is 5.32 Å². The summed E-state index contributed by atoms with van der Waals surface area (Å²) in [4.78, 5) is 4.49. The van der Waals surface area contributed by atoms with E-state index < -0.39 is 0 Å². The molecule has 0 aliphatic carbocycles. The molecule has 0 unspecified atom stereocenters. The van der Waals surface area contributed by atoms with Crippen LogP contribution in [0.3, 0.4) is 0 Å². The van der Waals surface area contributed by atoms with Gasteiger partial charge in [0.25, 0.3) is 0 Å². The molecule has 0 saturated heterocycles. The van der Waals surface area contributed by atoms with E-state index in [1.54, 1.807) is 12.1 Å². The number of hydrogen-bond acceptors (Lipinski definition) is 3. The van der Waals surface area contributed by atoms with Crippen LogP contribution in [0, 0.1) is 5.82 Å². The Hall–Kier alpha value is -2.53. The minimum atomic E-state index is -0.237. The first-order valence-corrected chi connectivity index (χ1v) is 7.70. The van der Waals surface area contributed by atoms with Gasteiger partial charge in [-0.3, -0.25) is 9.67 Å². The lowest BCUT2D eigenvalue weighted by Gasteiger charge is -2.19. The molecule has 1 N–H and O–H groups in total. The van der Waals surface area contributed by atoms with E-state index in [-0.39, 0.29) is 5.82 Å². The number of fused-ring (bicyclic) bond motifs is 1. The Morgan fingerprint density at radius 3 is 2.78 bits per heavy atom. The summed E-state index contributed by atoms with van der Waals surface area (Å²) in [6.07, 6.45) is 4.83. The van der Waals surface area contributed by atoms with Gasteiger partial charge in [0.05, 0.1) is 5.69 Å². The van der Waals surface area contributed by atoms with E-state index >= 15 is 0 Å². The van der Waals surface area contributed by atoms with Crippen molar-refractivity contribution in [3.63, 3.8) is 0 Å². The third kappa shape index (κ3) is 2.53. The second-order valence-corrected chi connectivity index (χ2v) is 5.78. The maximum atomic E-state index is 13.2. The van der Waals surface area contributed by atoms with Crippen LogP contribution in [-0.2, 0) is 20.0 Å². The first kappa shape index (κ1) is 14.1. The van der Waals surface area contributed by atoms with E-state index in [1.807, 2.05) is 30.2 Å². The van der Waals surface area contributed by atoms with E-state index in [9.17, 15) is 4.39 Å². The SMILES string of the molecule is Cn1cc(-c2ccnc3c2CCNC3)c(-c2ccc(F)cc2)n1. The largest absolute Gasteiger partial charge is 0.311 e. The number of aromatic nitrogens is 3. The van der Waals surface area contributed by atoms with Gasteiger partial charge in [0.1, 0.15) is 11.5 Å². The summed E-state index contributed by atoms with van der Waals surface area (Å²) in [5.41, 5.74) is 6.41. The second kappa shape index (κ2) is 5.59. The molecule has 1 aliphatic heterocycles. The van der Waals surface area contributed by atoms with Crippen molar-refractivity contribution in [2.45, 2.75) is 13.0 Å². The molecule has 5 heteroatoms. The van der Waals surface area contributed by atoms with Gasteiger partial charge < -0.3 is 5.32 Å². The molecular formula is C18H17FN4. The van der Waals surface area contributed by atoms with E-state index in [0.717, 1.165) is 42.0 Å². The van der Waals surface area contributed by atoms with Crippen molar-refractivity contribution in [1.29, 1.82) is 0 Å². The average Bonchev–Trinajstić information content (AvgIpc) is 2.96. The summed E-state index contributed by atoms with van der Waals surface area (Å²) >= 11 is 0. The molecule has 2 aromatic heterocycles. The van der Waals surface area contributed by atoms with Gasteiger partial charge in [0.2, 0.25) is 0 Å². The van der Waals surface area contributed by atoms with Gasteiger partial charge in [-0.1, -0.05) is 0 Å². The average molecular weight is 308 g/mol. The third-order valence-corrected chi connectivity index (χ3v) is 4.23. The van der Waals surface area contributed by atoms with Crippen LogP contribution in [0.15, 0.2) is 42.7 Å². The molecule has 3 heterocycles. The van der Waals surface area contributed by atoms with Crippen LogP contribution >= 0.6 is 0 Å². The normalized spacial score (nSPS) is 13.8. The summed E-state index contributed by atoms with van der Waals surface area (Å²) < 4.78 is 15.0. The minimum Gasteiger partial charge on any atom is -0.311 e. The summed E-state index contributed by atoms with van der Waals surface area (Å²) in [5.74, 6) is -0.237. The molecule has 4 rings (SSSR count). The third-order valence-electron chi connectivity index (χ3n) is 4.23. The number of nitrogens with one attached hydrogen (secondary N) is 1. The zero-order chi connectivity index (χ0) is 15.8. The predicted molar refractivity (Wildman–Crippen MR) is 87.2 cm³/mol. The van der Waals surface area contributed by atoms with Crippen LogP contribution in [0.4, 0.5) is 4.39 Å². The van der Waals surface area contributed by atoms with Crippen molar-refractivity contribution in [2.75, 3.05) is 6.54 Å². The molecule has 1 aromatic carbocycles. The molecule has 0 radical (unpaired) electrons. The number of aryl methyl sites for hydroxylation is 1. The van der Waals surface area contributed by atoms with E-state index in [4.69, 9.17) is 0 Å². The minimum absolute atomic E-state index is 0.237. The summed E-state index contributed by atoms with van der Waals surface area (Å²) in [7, 11) is 1.91. The predicted octanol–water partition coefficient (Wildman–Crippen LogP) is 2.93. The number of halogens is 1. The number of pyridine rings is 1. The van der Waals surface area contributed by atoms with Crippen molar-refractivity contribution in [1.82, 2.24) is 20.1 Å². The number of rotatable bonds is 2. The van der Waals surface area contributed by atoms with Gasteiger partial charge in [-0.05, 0) is 54.4 Å². The lowest BCUT2D eigenvalue weighted by molar-refractivity contribution is 0.628. The molecular weight excluding hydrogens is 291 g/mol. The van der Waals surface area contributed by atoms with Crippen LogP contribution in [0.1, 0.15) is 11.3 Å². The van der Waals surface area contributed by atoms with Crippen LogP contribution in [0.5, 0.6) is 0 Å². The van der Waals surface area contributed by atoms with Gasteiger partial charge in [0.15, 0.2) is 0 Å². The lowest BCUT2D eigenvalue weighted by atomic mass is 9.93.